The van der Waals surface area contributed by atoms with Gasteiger partial charge < -0.3 is 5.32 Å². The van der Waals surface area contributed by atoms with Crippen molar-refractivity contribution in [2.45, 2.75) is 32.1 Å². The fraction of sp³-hybridized carbons (Fsp3) is 0.786. The zero-order valence-electron chi connectivity index (χ0n) is 9.82. The van der Waals surface area contributed by atoms with Gasteiger partial charge in [0, 0.05) is 6.54 Å². The Balaban J connectivity index is 1.63. The Hall–Kier alpha value is -0.790. The van der Waals surface area contributed by atoms with E-state index >= 15 is 0 Å². The van der Waals surface area contributed by atoms with Crippen molar-refractivity contribution in [1.29, 1.82) is 0 Å². The number of rotatable bonds is 3. The summed E-state index contributed by atoms with van der Waals surface area (Å²) in [6.45, 7) is 4.39. The smallest absolute Gasteiger partial charge is 0.243 e. The predicted molar refractivity (Wildman–Crippen MR) is 63.7 cm³/mol. The fourth-order valence-electron chi connectivity index (χ4n) is 4.66. The molecule has 4 rings (SSSR count). The highest BCUT2D eigenvalue weighted by atomic mass is 16.1. The van der Waals surface area contributed by atoms with E-state index in [1.54, 1.807) is 0 Å². The number of hydrogen-bond acceptors (Lipinski definition) is 1. The predicted octanol–water partition coefficient (Wildman–Crippen LogP) is 2.36. The van der Waals surface area contributed by atoms with Gasteiger partial charge in [0.05, 0.1) is 0 Å². The van der Waals surface area contributed by atoms with E-state index in [-0.39, 0.29) is 5.91 Å². The monoisotopic (exact) mass is 219 g/mol. The summed E-state index contributed by atoms with van der Waals surface area (Å²) in [5.41, 5.74) is 0. The van der Waals surface area contributed by atoms with E-state index in [2.05, 4.69) is 11.9 Å². The third-order valence-electron chi connectivity index (χ3n) is 5.12. The first-order chi connectivity index (χ1) is 7.76. The number of amides is 1. The second-order valence-electron chi connectivity index (χ2n) is 6.04. The Kier molecular flexibility index (Phi) is 2.53. The van der Waals surface area contributed by atoms with Gasteiger partial charge in [0.15, 0.2) is 0 Å². The molecule has 0 unspecified atom stereocenters. The van der Waals surface area contributed by atoms with E-state index in [1.807, 2.05) is 0 Å². The van der Waals surface area contributed by atoms with Crippen molar-refractivity contribution in [3.63, 3.8) is 0 Å². The van der Waals surface area contributed by atoms with Gasteiger partial charge in [-0.05, 0) is 67.8 Å². The molecule has 0 heterocycles. The molecule has 4 aliphatic carbocycles. The topological polar surface area (TPSA) is 29.1 Å². The van der Waals surface area contributed by atoms with Gasteiger partial charge in [-0.1, -0.05) is 6.58 Å². The van der Waals surface area contributed by atoms with E-state index in [9.17, 15) is 4.79 Å². The van der Waals surface area contributed by atoms with Gasteiger partial charge in [0.25, 0.3) is 0 Å². The number of nitrogens with one attached hydrogen (secondary N) is 1. The summed E-state index contributed by atoms with van der Waals surface area (Å²) in [5.74, 6) is 4.61. The standard InChI is InChI=1S/C14H21NO/c1-2-14(16)15-8-13-11-4-9-3-10(6-11)7-12(13)5-9/h2,9-13H,1,3-8H2,(H,15,16). The Bertz CT molecular complexity index is 282. The first kappa shape index (κ1) is 10.4. The number of carbonyl (C=O) groups is 1. The van der Waals surface area contributed by atoms with E-state index in [1.165, 1.54) is 38.2 Å². The molecule has 4 fully saturated rings. The molecule has 0 radical (unpaired) electrons. The summed E-state index contributed by atoms with van der Waals surface area (Å²) in [6, 6.07) is 0. The molecule has 4 saturated carbocycles. The van der Waals surface area contributed by atoms with Crippen LogP contribution in [-0.4, -0.2) is 12.5 Å². The Labute approximate surface area is 97.5 Å². The third-order valence-corrected chi connectivity index (χ3v) is 5.12. The molecule has 4 bridgehead atoms. The Morgan fingerprint density at radius 2 is 1.69 bits per heavy atom. The van der Waals surface area contributed by atoms with Crippen LogP contribution in [0.4, 0.5) is 0 Å². The summed E-state index contributed by atoms with van der Waals surface area (Å²) >= 11 is 0. The molecule has 0 spiro atoms. The van der Waals surface area contributed by atoms with Crippen LogP contribution in [0.1, 0.15) is 32.1 Å². The van der Waals surface area contributed by atoms with E-state index < -0.39 is 0 Å². The van der Waals surface area contributed by atoms with Gasteiger partial charge in [-0.25, -0.2) is 0 Å². The molecule has 16 heavy (non-hydrogen) atoms. The average molecular weight is 219 g/mol. The van der Waals surface area contributed by atoms with Crippen molar-refractivity contribution in [3.8, 4) is 0 Å². The maximum atomic E-state index is 11.2. The summed E-state index contributed by atoms with van der Waals surface area (Å²) in [4.78, 5) is 11.2. The van der Waals surface area contributed by atoms with Crippen LogP contribution in [-0.2, 0) is 4.79 Å². The SMILES string of the molecule is C=CC(=O)NCC1C2CC3CC(C2)CC1C3. The van der Waals surface area contributed by atoms with Crippen LogP contribution in [0.2, 0.25) is 0 Å². The van der Waals surface area contributed by atoms with Gasteiger partial charge in [-0.2, -0.15) is 0 Å². The molecule has 0 aromatic carbocycles. The molecule has 0 saturated heterocycles. The minimum atomic E-state index is -0.00573. The molecule has 0 aliphatic heterocycles. The van der Waals surface area contributed by atoms with E-state index in [0.717, 1.165) is 36.1 Å². The molecule has 0 aromatic heterocycles. The molecule has 1 amide bonds. The third kappa shape index (κ3) is 1.68. The quantitative estimate of drug-likeness (QED) is 0.725. The van der Waals surface area contributed by atoms with Crippen molar-refractivity contribution in [3.05, 3.63) is 12.7 Å². The maximum Gasteiger partial charge on any atom is 0.243 e. The van der Waals surface area contributed by atoms with Gasteiger partial charge in [-0.3, -0.25) is 4.79 Å². The molecule has 0 aromatic rings. The number of carbonyl (C=O) groups excluding carboxylic acids is 1. The van der Waals surface area contributed by atoms with Crippen LogP contribution in [0, 0.1) is 29.6 Å². The highest BCUT2D eigenvalue weighted by Gasteiger charge is 2.47. The second kappa shape index (κ2) is 3.90. The molecule has 2 nitrogen and oxygen atoms in total. The van der Waals surface area contributed by atoms with Gasteiger partial charge in [-0.15, -0.1) is 0 Å². The van der Waals surface area contributed by atoms with Crippen molar-refractivity contribution < 1.29 is 4.79 Å². The van der Waals surface area contributed by atoms with E-state index in [0.29, 0.717) is 0 Å². The summed E-state index contributed by atoms with van der Waals surface area (Å²) in [6.07, 6.45) is 8.61. The lowest BCUT2D eigenvalue weighted by Gasteiger charge is -2.54. The maximum absolute atomic E-state index is 11.2. The highest BCUT2D eigenvalue weighted by molar-refractivity contribution is 5.86. The normalized spacial score (nSPS) is 44.4. The van der Waals surface area contributed by atoms with Crippen LogP contribution in [0.5, 0.6) is 0 Å². The first-order valence-corrected chi connectivity index (χ1v) is 6.66. The zero-order chi connectivity index (χ0) is 11.1. The molecule has 4 aliphatic rings. The average Bonchev–Trinajstić information content (AvgIpc) is 2.26. The minimum Gasteiger partial charge on any atom is -0.352 e. The lowest BCUT2D eigenvalue weighted by Crippen LogP contribution is -2.48. The first-order valence-electron chi connectivity index (χ1n) is 6.66. The summed E-state index contributed by atoms with van der Waals surface area (Å²) in [5, 5.41) is 3.00. The Morgan fingerprint density at radius 1 is 1.12 bits per heavy atom. The number of hydrogen-bond donors (Lipinski definition) is 1. The van der Waals surface area contributed by atoms with Gasteiger partial charge >= 0.3 is 0 Å². The van der Waals surface area contributed by atoms with Crippen LogP contribution < -0.4 is 5.32 Å². The summed E-state index contributed by atoms with van der Waals surface area (Å²) in [7, 11) is 0. The largest absolute Gasteiger partial charge is 0.352 e. The van der Waals surface area contributed by atoms with Crippen LogP contribution in [0.25, 0.3) is 0 Å². The highest BCUT2D eigenvalue weighted by Crippen LogP contribution is 2.56. The van der Waals surface area contributed by atoms with Gasteiger partial charge in [0.2, 0.25) is 5.91 Å². The van der Waals surface area contributed by atoms with Crippen LogP contribution >= 0.6 is 0 Å². The van der Waals surface area contributed by atoms with Crippen molar-refractivity contribution >= 4 is 5.91 Å². The molecule has 1 N–H and O–H groups in total. The van der Waals surface area contributed by atoms with Crippen LogP contribution in [0.3, 0.4) is 0 Å². The zero-order valence-corrected chi connectivity index (χ0v) is 9.82. The molecular weight excluding hydrogens is 198 g/mol. The van der Waals surface area contributed by atoms with Crippen LogP contribution in [0.15, 0.2) is 12.7 Å². The lowest BCUT2D eigenvalue weighted by molar-refractivity contribution is -0.117. The molecule has 0 atom stereocenters. The molecular formula is C14H21NO. The molecule has 88 valence electrons. The van der Waals surface area contributed by atoms with Gasteiger partial charge in [0.1, 0.15) is 0 Å². The molecule has 2 heteroatoms. The second-order valence-corrected chi connectivity index (χ2v) is 6.04. The summed E-state index contributed by atoms with van der Waals surface area (Å²) < 4.78 is 0. The van der Waals surface area contributed by atoms with Crippen molar-refractivity contribution in [2.24, 2.45) is 29.6 Å². The Morgan fingerprint density at radius 3 is 2.19 bits per heavy atom. The minimum absolute atomic E-state index is 0.00573. The fourth-order valence-corrected chi connectivity index (χ4v) is 4.66. The van der Waals surface area contributed by atoms with E-state index in [4.69, 9.17) is 0 Å². The lowest BCUT2D eigenvalue weighted by atomic mass is 9.52. The van der Waals surface area contributed by atoms with Crippen molar-refractivity contribution in [2.75, 3.05) is 6.54 Å². The van der Waals surface area contributed by atoms with Crippen molar-refractivity contribution in [1.82, 2.24) is 5.32 Å².